The van der Waals surface area contributed by atoms with Gasteiger partial charge in [-0.25, -0.2) is 4.39 Å². The molecule has 584 valence electrons. The summed E-state index contributed by atoms with van der Waals surface area (Å²) in [6.07, 6.45) is 39.8. The molecule has 0 N–H and O–H groups in total. The van der Waals surface area contributed by atoms with E-state index in [0.29, 0.717) is 17.4 Å². The molecule has 0 unspecified atom stereocenters. The third-order valence-corrected chi connectivity index (χ3v) is 26.2. The number of benzene rings is 9. The molecule has 0 radical (unpaired) electrons. The summed E-state index contributed by atoms with van der Waals surface area (Å²) in [6, 6.07) is 83.1. The van der Waals surface area contributed by atoms with Gasteiger partial charge < -0.3 is 11.2 Å². The zero-order valence-corrected chi connectivity index (χ0v) is 324. The number of hydrogen-bond donors (Lipinski definition) is 0. The van der Waals surface area contributed by atoms with Gasteiger partial charge in [-0.3, -0.25) is 4.79 Å². The van der Waals surface area contributed by atoms with Crippen LogP contribution in [-0.4, -0.2) is 1360 Å². The molecule has 0 saturated heterocycles. The minimum atomic E-state index is -0.181. The number of halogens is 1. The fourth-order valence-corrected chi connectivity index (χ4v) is 19.1. The van der Waals surface area contributed by atoms with Gasteiger partial charge in [-0.1, -0.05) is 213 Å². The quantitative estimate of drug-likeness (QED) is 0.0996. The molecule has 7 fully saturated rings. The molecule has 0 heterocycles. The van der Waals surface area contributed by atoms with Gasteiger partial charge in [-0.05, 0) is 253 Å². The number of esters is 1. The van der Waals surface area contributed by atoms with Crippen LogP contribution in [0.5, 0.6) is 5.75 Å². The first kappa shape index (κ1) is 244. The van der Waals surface area contributed by atoms with Gasteiger partial charge in [0.2, 0.25) is 0 Å². The average molecular weight is 5140 g/mol. The van der Waals surface area contributed by atoms with Crippen LogP contribution in [0.4, 0.5) is 4.39 Å². The molecule has 2 nitrogen and oxygen atoms in total. The van der Waals surface area contributed by atoms with Crippen molar-refractivity contribution in [3.05, 3.63) is 265 Å². The Kier molecular flexibility index (Phi) is 324. The first-order valence-corrected chi connectivity index (χ1v) is 741. The van der Waals surface area contributed by atoms with Crippen molar-refractivity contribution in [2.75, 3.05) is 0 Å². The summed E-state index contributed by atoms with van der Waals surface area (Å²) in [5.74, 6) is 11.1. The van der Waals surface area contributed by atoms with Crippen LogP contribution in [0, 0.1) is 83.7 Å². The Morgan fingerprint density at radius 1 is 0.236 bits per heavy atom. The number of ether oxygens (including phenoxy) is 1. The molecule has 9 aromatic rings. The Hall–Kier alpha value is 71.8. The Bertz CT molecular complexity index is 4090. The summed E-state index contributed by atoms with van der Waals surface area (Å²) < 4.78 is 20.4. The third-order valence-electron chi connectivity index (χ3n) is 26.2. The van der Waals surface area contributed by atoms with Crippen LogP contribution in [0.25, 0.3) is 55.6 Å². The topological polar surface area (TPSA) is 26.3 Å². The second kappa shape index (κ2) is 197. The van der Waals surface area contributed by atoms with Crippen LogP contribution < -0.4 is 237 Å². The first-order chi connectivity index (χ1) is 71.0. The molecule has 9 aromatic carbocycles. The molecule has 0 aliphatic heterocycles. The van der Waals surface area contributed by atoms with Crippen LogP contribution in [0.3, 0.4) is 0 Å². The van der Waals surface area contributed by atoms with Gasteiger partial charge in [-0.15, -0.1) is 16.7 Å². The van der Waals surface area contributed by atoms with Crippen LogP contribution in [0.15, 0.2) is 212 Å². The first-order valence-electron chi connectivity index (χ1n) is 61.2. The van der Waals surface area contributed by atoms with Gasteiger partial charge in [0.15, 0.2) is 0 Å². The van der Waals surface area contributed by atoms with Crippen molar-refractivity contribution in [1.82, 2.24) is 0 Å². The molecule has 148 heavy (non-hydrogen) atoms. The molecule has 7 aliphatic rings. The van der Waals surface area contributed by atoms with Crippen molar-refractivity contribution in [3.8, 4) is 61.4 Å². The molecule has 0 bridgehead atoms. The van der Waals surface area contributed by atoms with Crippen LogP contribution in [0.1, 0.15) is 253 Å². The molecule has 16 rings (SSSR count). The minimum absolute atomic E-state index is 0. The second-order valence-electron chi connectivity index (χ2n) is 33.3. The van der Waals surface area contributed by atoms with Gasteiger partial charge in [0, 0.05) is 0 Å². The summed E-state index contributed by atoms with van der Waals surface area (Å²) in [5, 5.41) is 0. The van der Waals surface area contributed by atoms with Crippen molar-refractivity contribution in [2.45, 2.75) is 231 Å². The molecular weight excluding hydrogens is 5020 g/mol. The van der Waals surface area contributed by atoms with E-state index in [4.69, 9.17) is 4.74 Å². The molecule has 7 aliphatic carbocycles. The number of rotatable bonds is 13. The summed E-state index contributed by atoms with van der Waals surface area (Å²) in [4.78, 5) is 12.7. The van der Waals surface area contributed by atoms with Gasteiger partial charge in [0.1, 0.15) is 11.6 Å². The molecule has 0 spiro atoms. The maximum absolute atomic E-state index is 14.6. The van der Waals surface area contributed by atoms with Crippen molar-refractivity contribution < 1.29 is 247 Å². The van der Waals surface area contributed by atoms with Crippen molar-refractivity contribution in [1.29, 1.82) is 0 Å². The SMILES string of the molecule is CC1CCC(C2CCC(C(=O)Oc3ccc(C4CC[CH-]CC4)cc3)CC2)CC1.CC1CCC(C2CCC(c3ccc(-c4cc[c-]cc4)cc3)CC2)CC1.CC1CCC(c2ccc(-c3ccc(-c4cc[c-]cc4)c(F)c3)cc2)CC1.CC1CCC(c2ccc(-c3ccc(-c4cc[c-]cc4)cc3)cc2)CC1.[Rb+].[Rb+].[Rb+].[Rb+].[Rb][Rb].[Rb][Rb].[Rb][Rb].[Rb][Rb].[Rb][Rb].[Rb][Rb].[Rb][Rb].[Rb][Rb].[Rb][Rb].[Rb][Rb].[Rb][Rb].[Rb][Rb].[Rb][Rb].[Rb][Rb].[Rb][Rb].[Rb][Rb].[Rb][Rb].[Rb][Rb].[Rb][Rb].[Rb][Rb]. The maximum atomic E-state index is 14.6. The van der Waals surface area contributed by atoms with E-state index >= 15 is 0 Å². The zero-order valence-electron chi connectivity index (χ0n) is 107. The summed E-state index contributed by atoms with van der Waals surface area (Å²) >= 11 is 46.4. The molecular formula is C101H117FO2Rb44. The van der Waals surface area contributed by atoms with Crippen molar-refractivity contribution >= 4 is 1360 Å². The van der Waals surface area contributed by atoms with Gasteiger partial charge in [-0.2, -0.15) is 104 Å². The van der Waals surface area contributed by atoms with Crippen molar-refractivity contribution in [3.63, 3.8) is 0 Å². The van der Waals surface area contributed by atoms with Crippen LogP contribution in [0.2, 0.25) is 0 Å². The number of hydrogen-bond acceptors (Lipinski definition) is 2. The van der Waals surface area contributed by atoms with Gasteiger partial charge >= 0.3 is 1590 Å². The van der Waals surface area contributed by atoms with Crippen molar-refractivity contribution in [2.24, 2.45) is 53.3 Å². The van der Waals surface area contributed by atoms with Gasteiger partial charge in [0.25, 0.3) is 0 Å². The second-order valence-corrected chi connectivity index (χ2v) is 33.3. The average Bonchev–Trinajstić information content (AvgIpc) is 0.815. The van der Waals surface area contributed by atoms with E-state index in [1.165, 1.54) is 217 Å². The Morgan fingerprint density at radius 2 is 0.426 bits per heavy atom. The Balaban J connectivity index is -0.000000148. The molecule has 7 saturated carbocycles. The van der Waals surface area contributed by atoms with Gasteiger partial charge in [0.05, 0.1) is 5.92 Å². The fourth-order valence-electron chi connectivity index (χ4n) is 19.1. The number of carbonyl (C=O) groups excluding carboxylic acids is 1. The molecule has 47 heteroatoms. The Labute approximate surface area is 2090 Å². The fraction of sp³-hybridized carbons (Fsp3) is 0.446. The van der Waals surface area contributed by atoms with E-state index in [0.717, 1.165) is 1450 Å². The monoisotopic (exact) mass is 5120 g/mol. The molecule has 0 amide bonds. The van der Waals surface area contributed by atoms with E-state index in [9.17, 15) is 9.18 Å². The van der Waals surface area contributed by atoms with E-state index in [2.05, 4.69) is 186 Å². The van der Waals surface area contributed by atoms with Crippen LogP contribution >= 0.6 is 0 Å². The zero-order chi connectivity index (χ0) is 111. The number of carbonyl (C=O) groups is 1. The summed E-state index contributed by atoms with van der Waals surface area (Å²) in [6.45, 7) is 9.57. The third kappa shape index (κ3) is 132. The van der Waals surface area contributed by atoms with Crippen LogP contribution in [-0.2, 0) is 4.79 Å². The van der Waals surface area contributed by atoms with E-state index in [-0.39, 0.29) is 250 Å². The predicted molar refractivity (Wildman–Crippen MR) is 664 cm³/mol. The Morgan fingerprint density at radius 3 is 0.682 bits per heavy atom. The van der Waals surface area contributed by atoms with E-state index in [1.54, 1.807) is 11.6 Å². The summed E-state index contributed by atoms with van der Waals surface area (Å²) in [7, 11) is 0. The van der Waals surface area contributed by atoms with E-state index < -0.39 is 0 Å². The normalized spacial score (nSPS) is 19.2. The molecule has 0 atom stereocenters. The predicted octanol–water partition coefficient (Wildman–Crippen LogP) is 1.49. The standard InChI is InChI=1S/C26H37O2.C25H24F.C25H31.C25H25.44Rb/c1-19-7-9-21(10-8-19)22-11-13-24(14-12-22)26(27)28-25-17-15-23(16-18-25)20-5-3-2-4-6-20;1-18-7-9-19(10-8-18)20-11-13-21(14-12-20)23-15-16-24(25(26)17-23)22-5-3-2-4-6-22;2*1-19-7-9-21(10-8-19)23-15-17-25(18-16-23)24-13-11-22(12-14-24)20-5-3-2-4-6-20;;;;;;;;;;;;;;;;;;;;;;;;;;;;;;;;;;;;;;;;;;;;/h2,15-22,24H,3-14H2,1H3;3-6,11-19H,7-10H2,1H3;3-6,11-14,19,21,23,25H,7-10,15-18H2,1H3;3-6,11-19,21H,7-10H2,1H3;;;;;;;;;;;;;;;;;;;;;;;;;;;;;;;;;;;;;;;;;;;;/q4*-1;;;;;;;;;;;;;;;;;;;;;;;;;;;;;;;;;;;;;;;;;4*+1. The van der Waals surface area contributed by atoms with E-state index in [1.807, 2.05) is 72.8 Å². The summed E-state index contributed by atoms with van der Waals surface area (Å²) in [5.41, 5.74) is 17.1. The molecule has 0 aromatic heterocycles.